The molecule has 0 N–H and O–H groups in total. The molecule has 2 aromatic rings. The van der Waals surface area contributed by atoms with E-state index in [0.29, 0.717) is 10.8 Å². The van der Waals surface area contributed by atoms with Crippen LogP contribution >= 0.6 is 23.4 Å². The molecule has 1 amide bonds. The number of carbonyl (C=O) groups is 1. The van der Waals surface area contributed by atoms with Crippen LogP contribution in [0.2, 0.25) is 5.02 Å². The Kier molecular flexibility index (Phi) is 3.68. The number of aryl methyl sites for hydroxylation is 1. The maximum absolute atomic E-state index is 12.2. The van der Waals surface area contributed by atoms with Crippen molar-refractivity contribution in [2.75, 3.05) is 10.7 Å². The van der Waals surface area contributed by atoms with Crippen LogP contribution in [0, 0.1) is 6.92 Å². The van der Waals surface area contributed by atoms with Crippen LogP contribution in [-0.4, -0.2) is 16.6 Å². The molecular formula is C15H13ClN2OS. The van der Waals surface area contributed by atoms with E-state index in [9.17, 15) is 4.79 Å². The molecule has 0 spiro atoms. The van der Waals surface area contributed by atoms with Crippen LogP contribution in [0.25, 0.3) is 0 Å². The van der Waals surface area contributed by atoms with E-state index < -0.39 is 0 Å². The lowest BCUT2D eigenvalue weighted by molar-refractivity contribution is -0.115. The molecule has 1 aromatic carbocycles. The number of anilines is 1. The number of hydrogen-bond donors (Lipinski definition) is 0. The molecule has 1 fully saturated rings. The highest BCUT2D eigenvalue weighted by atomic mass is 35.5. The van der Waals surface area contributed by atoms with Crippen LogP contribution in [0.4, 0.5) is 5.69 Å². The SMILES string of the molecule is Cc1ccc(N2C(=O)CS[C@H]2c2cccnc2)c(Cl)c1. The Bertz CT molecular complexity index is 648. The topological polar surface area (TPSA) is 33.2 Å². The summed E-state index contributed by atoms with van der Waals surface area (Å²) in [7, 11) is 0. The van der Waals surface area contributed by atoms with Crippen LogP contribution in [0.1, 0.15) is 16.5 Å². The summed E-state index contributed by atoms with van der Waals surface area (Å²) in [5.41, 5.74) is 2.86. The van der Waals surface area contributed by atoms with E-state index in [0.717, 1.165) is 16.8 Å². The minimum atomic E-state index is -0.0589. The Labute approximate surface area is 127 Å². The van der Waals surface area contributed by atoms with Gasteiger partial charge in [0.1, 0.15) is 5.37 Å². The van der Waals surface area contributed by atoms with Crippen LogP contribution in [0.3, 0.4) is 0 Å². The fourth-order valence-electron chi connectivity index (χ4n) is 2.26. The Balaban J connectivity index is 2.03. The lowest BCUT2D eigenvalue weighted by atomic mass is 10.2. The lowest BCUT2D eigenvalue weighted by Gasteiger charge is -2.25. The van der Waals surface area contributed by atoms with Gasteiger partial charge in [-0.25, -0.2) is 0 Å². The van der Waals surface area contributed by atoms with Gasteiger partial charge in [-0.05, 0) is 30.7 Å². The largest absolute Gasteiger partial charge is 0.293 e. The number of carbonyl (C=O) groups excluding carboxylic acids is 1. The maximum Gasteiger partial charge on any atom is 0.238 e. The zero-order chi connectivity index (χ0) is 14.1. The lowest BCUT2D eigenvalue weighted by Crippen LogP contribution is -2.28. The zero-order valence-electron chi connectivity index (χ0n) is 10.9. The molecule has 1 aliphatic rings. The van der Waals surface area contributed by atoms with Crippen molar-refractivity contribution in [1.29, 1.82) is 0 Å². The first-order valence-electron chi connectivity index (χ1n) is 6.26. The third-order valence-corrected chi connectivity index (χ3v) is 4.72. The molecule has 0 bridgehead atoms. The Morgan fingerprint density at radius 2 is 2.25 bits per heavy atom. The number of thioether (sulfide) groups is 1. The van der Waals surface area contributed by atoms with Gasteiger partial charge in [0, 0.05) is 18.0 Å². The number of amides is 1. The number of benzene rings is 1. The van der Waals surface area contributed by atoms with Gasteiger partial charge in [0.2, 0.25) is 5.91 Å². The monoisotopic (exact) mass is 304 g/mol. The van der Waals surface area contributed by atoms with E-state index >= 15 is 0 Å². The molecule has 20 heavy (non-hydrogen) atoms. The number of rotatable bonds is 2. The molecule has 5 heteroatoms. The summed E-state index contributed by atoms with van der Waals surface area (Å²) >= 11 is 7.91. The number of nitrogens with zero attached hydrogens (tertiary/aromatic N) is 2. The highest BCUT2D eigenvalue weighted by Gasteiger charge is 2.35. The summed E-state index contributed by atoms with van der Waals surface area (Å²) < 4.78 is 0. The van der Waals surface area contributed by atoms with E-state index in [4.69, 9.17) is 11.6 Å². The van der Waals surface area contributed by atoms with Gasteiger partial charge in [0.05, 0.1) is 16.5 Å². The third-order valence-electron chi connectivity index (χ3n) is 3.20. The van der Waals surface area contributed by atoms with Crippen molar-refractivity contribution in [1.82, 2.24) is 4.98 Å². The molecule has 0 saturated carbocycles. The van der Waals surface area contributed by atoms with Crippen molar-refractivity contribution < 1.29 is 4.79 Å². The average Bonchev–Trinajstić information content (AvgIpc) is 2.82. The molecule has 2 heterocycles. The minimum absolute atomic E-state index is 0.0589. The third kappa shape index (κ3) is 2.41. The van der Waals surface area contributed by atoms with Crippen molar-refractivity contribution in [3.05, 3.63) is 58.9 Å². The Morgan fingerprint density at radius 3 is 2.95 bits per heavy atom. The molecule has 1 saturated heterocycles. The second-order valence-electron chi connectivity index (χ2n) is 4.67. The molecule has 1 atom stereocenters. The van der Waals surface area contributed by atoms with Crippen LogP contribution in [0.5, 0.6) is 0 Å². The van der Waals surface area contributed by atoms with Gasteiger partial charge < -0.3 is 0 Å². The predicted octanol–water partition coefficient (Wildman–Crippen LogP) is 3.82. The van der Waals surface area contributed by atoms with Gasteiger partial charge in [-0.15, -0.1) is 11.8 Å². The summed E-state index contributed by atoms with van der Waals surface area (Å²) in [6.45, 7) is 1.98. The van der Waals surface area contributed by atoms with Crippen molar-refractivity contribution in [2.24, 2.45) is 0 Å². The van der Waals surface area contributed by atoms with Crippen LogP contribution < -0.4 is 4.90 Å². The first kappa shape index (κ1) is 13.5. The maximum atomic E-state index is 12.2. The Hall–Kier alpha value is -1.52. The second kappa shape index (κ2) is 5.46. The van der Waals surface area contributed by atoms with E-state index in [1.54, 1.807) is 29.1 Å². The van der Waals surface area contributed by atoms with Gasteiger partial charge in [0.25, 0.3) is 0 Å². The van der Waals surface area contributed by atoms with Gasteiger partial charge >= 0.3 is 0 Å². The number of halogens is 1. The molecule has 3 nitrogen and oxygen atoms in total. The van der Waals surface area contributed by atoms with Crippen molar-refractivity contribution >= 4 is 35.0 Å². The number of pyridine rings is 1. The van der Waals surface area contributed by atoms with Crippen molar-refractivity contribution in [3.8, 4) is 0 Å². The van der Waals surface area contributed by atoms with Crippen LogP contribution in [-0.2, 0) is 4.79 Å². The summed E-state index contributed by atoms with van der Waals surface area (Å²) in [6, 6.07) is 9.63. The molecule has 0 unspecified atom stereocenters. The Morgan fingerprint density at radius 1 is 1.40 bits per heavy atom. The first-order valence-corrected chi connectivity index (χ1v) is 7.69. The average molecular weight is 305 g/mol. The fraction of sp³-hybridized carbons (Fsp3) is 0.200. The van der Waals surface area contributed by atoms with E-state index in [-0.39, 0.29) is 11.3 Å². The molecule has 0 aliphatic carbocycles. The zero-order valence-corrected chi connectivity index (χ0v) is 12.5. The number of aromatic nitrogens is 1. The minimum Gasteiger partial charge on any atom is -0.293 e. The summed E-state index contributed by atoms with van der Waals surface area (Å²) in [6.07, 6.45) is 3.53. The van der Waals surface area contributed by atoms with E-state index in [2.05, 4.69) is 4.98 Å². The summed E-state index contributed by atoms with van der Waals surface area (Å²) in [5.74, 6) is 0.540. The predicted molar refractivity (Wildman–Crippen MR) is 83.1 cm³/mol. The van der Waals surface area contributed by atoms with Gasteiger partial charge in [0.15, 0.2) is 0 Å². The standard InChI is InChI=1S/C15H13ClN2OS/c1-10-4-5-13(12(16)7-10)18-14(19)9-20-15(18)11-3-2-6-17-8-11/h2-8,15H,9H2,1H3/t15-/m0/s1. The molecule has 1 aliphatic heterocycles. The highest BCUT2D eigenvalue weighted by molar-refractivity contribution is 8.00. The smallest absolute Gasteiger partial charge is 0.238 e. The van der Waals surface area contributed by atoms with Gasteiger partial charge in [-0.1, -0.05) is 23.7 Å². The van der Waals surface area contributed by atoms with Crippen LogP contribution in [0.15, 0.2) is 42.7 Å². The van der Waals surface area contributed by atoms with Crippen molar-refractivity contribution in [3.63, 3.8) is 0 Å². The normalized spacial score (nSPS) is 18.6. The van der Waals surface area contributed by atoms with E-state index in [1.165, 1.54) is 0 Å². The van der Waals surface area contributed by atoms with Gasteiger partial charge in [-0.3, -0.25) is 14.7 Å². The summed E-state index contributed by atoms with van der Waals surface area (Å²) in [4.78, 5) is 18.1. The number of hydrogen-bond acceptors (Lipinski definition) is 3. The van der Waals surface area contributed by atoms with Gasteiger partial charge in [-0.2, -0.15) is 0 Å². The highest BCUT2D eigenvalue weighted by Crippen LogP contribution is 2.43. The molecule has 1 aromatic heterocycles. The van der Waals surface area contributed by atoms with Crippen molar-refractivity contribution in [2.45, 2.75) is 12.3 Å². The fourth-order valence-corrected chi connectivity index (χ4v) is 3.74. The first-order chi connectivity index (χ1) is 9.66. The second-order valence-corrected chi connectivity index (χ2v) is 6.14. The molecule has 3 rings (SSSR count). The molecule has 102 valence electrons. The molecule has 0 radical (unpaired) electrons. The molecular weight excluding hydrogens is 292 g/mol. The summed E-state index contributed by atoms with van der Waals surface area (Å²) in [5, 5.41) is 0.547. The quantitative estimate of drug-likeness (QED) is 0.845. The van der Waals surface area contributed by atoms with E-state index in [1.807, 2.05) is 37.3 Å².